The van der Waals surface area contributed by atoms with Crippen LogP contribution in [0.4, 0.5) is 0 Å². The molecule has 3 nitrogen and oxygen atoms in total. The van der Waals surface area contributed by atoms with Gasteiger partial charge >= 0.3 is 0 Å². The Hall–Kier alpha value is -1.53. The standard InChI is InChI=1S/C13H18N2O/c1-11(15(2)9-8-14)10-12-6-4-5-7-13(12)16-3/h4-7,11H,9-10H2,1-3H3. The summed E-state index contributed by atoms with van der Waals surface area (Å²) in [4.78, 5) is 2.03. The van der Waals surface area contributed by atoms with E-state index in [1.165, 1.54) is 5.56 Å². The molecule has 1 aromatic rings. The summed E-state index contributed by atoms with van der Waals surface area (Å²) in [6.07, 6.45) is 0.891. The average molecular weight is 218 g/mol. The maximum atomic E-state index is 8.64. The monoisotopic (exact) mass is 218 g/mol. The Bertz CT molecular complexity index is 370. The molecule has 0 saturated carbocycles. The van der Waals surface area contributed by atoms with Crippen molar-refractivity contribution in [2.24, 2.45) is 0 Å². The minimum absolute atomic E-state index is 0.330. The highest BCUT2D eigenvalue weighted by Gasteiger charge is 2.11. The Morgan fingerprint density at radius 2 is 2.12 bits per heavy atom. The number of benzene rings is 1. The fourth-order valence-corrected chi connectivity index (χ4v) is 1.61. The van der Waals surface area contributed by atoms with E-state index < -0.39 is 0 Å². The lowest BCUT2D eigenvalue weighted by molar-refractivity contribution is 0.283. The van der Waals surface area contributed by atoms with E-state index in [1.54, 1.807) is 7.11 Å². The van der Waals surface area contributed by atoms with Gasteiger partial charge in [-0.3, -0.25) is 4.90 Å². The highest BCUT2D eigenvalue weighted by Crippen LogP contribution is 2.19. The smallest absolute Gasteiger partial charge is 0.122 e. The minimum atomic E-state index is 0.330. The summed E-state index contributed by atoms with van der Waals surface area (Å²) in [5.41, 5.74) is 1.18. The number of hydrogen-bond donors (Lipinski definition) is 0. The van der Waals surface area contributed by atoms with Gasteiger partial charge in [0.1, 0.15) is 5.75 Å². The summed E-state index contributed by atoms with van der Waals surface area (Å²) < 4.78 is 5.30. The second kappa shape index (κ2) is 6.14. The average Bonchev–Trinajstić information content (AvgIpc) is 2.30. The van der Waals surface area contributed by atoms with Crippen LogP contribution < -0.4 is 4.74 Å². The summed E-state index contributed by atoms with van der Waals surface area (Å²) in [7, 11) is 3.64. The number of nitrogens with zero attached hydrogens (tertiary/aromatic N) is 2. The number of likely N-dealkylation sites (N-methyl/N-ethyl adjacent to an activating group) is 1. The number of rotatable bonds is 5. The molecule has 1 unspecified atom stereocenters. The zero-order valence-corrected chi connectivity index (χ0v) is 10.1. The molecule has 1 atom stereocenters. The highest BCUT2D eigenvalue weighted by molar-refractivity contribution is 5.33. The van der Waals surface area contributed by atoms with Crippen molar-refractivity contribution < 1.29 is 4.74 Å². The van der Waals surface area contributed by atoms with Gasteiger partial charge in [-0.1, -0.05) is 18.2 Å². The van der Waals surface area contributed by atoms with Gasteiger partial charge in [0.15, 0.2) is 0 Å². The van der Waals surface area contributed by atoms with Crippen molar-refractivity contribution in [3.63, 3.8) is 0 Å². The van der Waals surface area contributed by atoms with Crippen molar-refractivity contribution in [1.82, 2.24) is 4.90 Å². The molecule has 0 radical (unpaired) electrons. The minimum Gasteiger partial charge on any atom is -0.496 e. The lowest BCUT2D eigenvalue weighted by Crippen LogP contribution is -2.31. The highest BCUT2D eigenvalue weighted by atomic mass is 16.5. The van der Waals surface area contributed by atoms with Gasteiger partial charge in [0.25, 0.3) is 0 Å². The second-order valence-corrected chi connectivity index (χ2v) is 3.94. The Kier molecular flexibility index (Phi) is 4.81. The van der Waals surface area contributed by atoms with Crippen LogP contribution in [0, 0.1) is 11.3 Å². The first kappa shape index (κ1) is 12.5. The first-order valence-corrected chi connectivity index (χ1v) is 5.38. The largest absolute Gasteiger partial charge is 0.496 e. The lowest BCUT2D eigenvalue weighted by atomic mass is 10.1. The van der Waals surface area contributed by atoms with E-state index in [-0.39, 0.29) is 0 Å². The third-order valence-corrected chi connectivity index (χ3v) is 2.78. The molecule has 0 saturated heterocycles. The molecule has 1 aromatic carbocycles. The molecular formula is C13H18N2O. The van der Waals surface area contributed by atoms with Crippen LogP contribution in [-0.4, -0.2) is 31.6 Å². The molecule has 0 aliphatic rings. The molecular weight excluding hydrogens is 200 g/mol. The van der Waals surface area contributed by atoms with E-state index in [0.29, 0.717) is 12.6 Å². The van der Waals surface area contributed by atoms with Crippen LogP contribution in [0.3, 0.4) is 0 Å². The Morgan fingerprint density at radius 1 is 1.44 bits per heavy atom. The Balaban J connectivity index is 2.69. The van der Waals surface area contributed by atoms with Crippen LogP contribution in [0.15, 0.2) is 24.3 Å². The summed E-state index contributed by atoms with van der Waals surface area (Å²) in [6, 6.07) is 10.5. The zero-order valence-electron chi connectivity index (χ0n) is 10.1. The van der Waals surface area contributed by atoms with Crippen molar-refractivity contribution in [2.75, 3.05) is 20.7 Å². The molecule has 0 aliphatic carbocycles. The molecule has 86 valence electrons. The molecule has 0 N–H and O–H groups in total. The lowest BCUT2D eigenvalue weighted by Gasteiger charge is -2.22. The number of para-hydroxylation sites is 1. The SMILES string of the molecule is COc1ccccc1CC(C)N(C)CC#N. The van der Waals surface area contributed by atoms with Crippen LogP contribution in [0.2, 0.25) is 0 Å². The maximum Gasteiger partial charge on any atom is 0.122 e. The van der Waals surface area contributed by atoms with Crippen molar-refractivity contribution in [3.05, 3.63) is 29.8 Å². The molecule has 0 aromatic heterocycles. The van der Waals surface area contributed by atoms with Gasteiger partial charge in [-0.25, -0.2) is 0 Å². The van der Waals surface area contributed by atoms with Gasteiger partial charge in [0, 0.05) is 6.04 Å². The predicted molar refractivity (Wildman–Crippen MR) is 64.4 cm³/mol. The van der Waals surface area contributed by atoms with E-state index in [9.17, 15) is 0 Å². The molecule has 0 spiro atoms. The van der Waals surface area contributed by atoms with E-state index in [4.69, 9.17) is 10.00 Å². The summed E-state index contributed by atoms with van der Waals surface area (Å²) in [5.74, 6) is 0.916. The van der Waals surface area contributed by atoms with Crippen molar-refractivity contribution in [1.29, 1.82) is 5.26 Å². The van der Waals surface area contributed by atoms with E-state index in [0.717, 1.165) is 12.2 Å². The summed E-state index contributed by atoms with van der Waals surface area (Å²) >= 11 is 0. The van der Waals surface area contributed by atoms with Crippen molar-refractivity contribution >= 4 is 0 Å². The van der Waals surface area contributed by atoms with Gasteiger partial charge in [-0.2, -0.15) is 5.26 Å². The van der Waals surface area contributed by atoms with Crippen molar-refractivity contribution in [2.45, 2.75) is 19.4 Å². The van der Waals surface area contributed by atoms with Crippen molar-refractivity contribution in [3.8, 4) is 11.8 Å². The fourth-order valence-electron chi connectivity index (χ4n) is 1.61. The third-order valence-electron chi connectivity index (χ3n) is 2.78. The maximum absolute atomic E-state index is 8.64. The topological polar surface area (TPSA) is 36.3 Å². The molecule has 0 aliphatic heterocycles. The number of nitriles is 1. The molecule has 16 heavy (non-hydrogen) atoms. The van der Waals surface area contributed by atoms with Crippen LogP contribution >= 0.6 is 0 Å². The summed E-state index contributed by atoms with van der Waals surface area (Å²) in [5, 5.41) is 8.64. The van der Waals surface area contributed by atoms with E-state index >= 15 is 0 Å². The van der Waals surface area contributed by atoms with Crippen LogP contribution in [0.25, 0.3) is 0 Å². The van der Waals surface area contributed by atoms with Crippen LogP contribution in [-0.2, 0) is 6.42 Å². The van der Waals surface area contributed by atoms with Crippen LogP contribution in [0.1, 0.15) is 12.5 Å². The molecule has 0 bridgehead atoms. The van der Waals surface area contributed by atoms with Gasteiger partial charge in [0.2, 0.25) is 0 Å². The van der Waals surface area contributed by atoms with Gasteiger partial charge in [0.05, 0.1) is 19.7 Å². The predicted octanol–water partition coefficient (Wildman–Crippen LogP) is 2.08. The third kappa shape index (κ3) is 3.25. The number of methoxy groups -OCH3 is 1. The molecule has 3 heteroatoms. The van der Waals surface area contributed by atoms with Crippen LogP contribution in [0.5, 0.6) is 5.75 Å². The molecule has 0 amide bonds. The van der Waals surface area contributed by atoms with Gasteiger partial charge in [-0.05, 0) is 32.0 Å². The van der Waals surface area contributed by atoms with E-state index in [2.05, 4.69) is 19.1 Å². The zero-order chi connectivity index (χ0) is 12.0. The molecule has 0 fully saturated rings. The Morgan fingerprint density at radius 3 is 2.75 bits per heavy atom. The molecule has 1 rings (SSSR count). The number of ether oxygens (including phenoxy) is 1. The van der Waals surface area contributed by atoms with Gasteiger partial charge in [-0.15, -0.1) is 0 Å². The first-order chi connectivity index (χ1) is 7.69. The normalized spacial score (nSPS) is 12.2. The van der Waals surface area contributed by atoms with E-state index in [1.807, 2.05) is 30.1 Å². The number of hydrogen-bond acceptors (Lipinski definition) is 3. The summed E-state index contributed by atoms with van der Waals surface area (Å²) in [6.45, 7) is 2.57. The van der Waals surface area contributed by atoms with Gasteiger partial charge < -0.3 is 4.74 Å². The fraction of sp³-hybridized carbons (Fsp3) is 0.462. The molecule has 0 heterocycles. The Labute approximate surface area is 97.3 Å². The first-order valence-electron chi connectivity index (χ1n) is 5.38. The second-order valence-electron chi connectivity index (χ2n) is 3.94. The quantitative estimate of drug-likeness (QED) is 0.710.